The molecule has 2 atom stereocenters. The van der Waals surface area contributed by atoms with Gasteiger partial charge in [0.15, 0.2) is 0 Å². The molecule has 1 N–H and O–H groups in total. The minimum atomic E-state index is 0.100. The van der Waals surface area contributed by atoms with Gasteiger partial charge in [0.05, 0.1) is 12.6 Å². The fourth-order valence-electron chi connectivity index (χ4n) is 3.61. The predicted molar refractivity (Wildman–Crippen MR) is 99.9 cm³/mol. The summed E-state index contributed by atoms with van der Waals surface area (Å²) >= 11 is 6.32. The molecular formula is C19H28ClN3O2. The van der Waals surface area contributed by atoms with Gasteiger partial charge in [0.1, 0.15) is 0 Å². The van der Waals surface area contributed by atoms with Crippen LogP contribution in [0.2, 0.25) is 5.02 Å². The molecule has 0 spiro atoms. The SMILES string of the molecule is CC(c1ccccc1Cl)N1CCN(CC(=O)NCC2CCCO2)CC1. The van der Waals surface area contributed by atoms with Crippen molar-refractivity contribution in [3.63, 3.8) is 0 Å². The van der Waals surface area contributed by atoms with Crippen LogP contribution < -0.4 is 5.32 Å². The van der Waals surface area contributed by atoms with E-state index in [1.807, 2.05) is 18.2 Å². The number of nitrogens with zero attached hydrogens (tertiary/aromatic N) is 2. The van der Waals surface area contributed by atoms with E-state index >= 15 is 0 Å². The Kier molecular flexibility index (Phi) is 6.70. The van der Waals surface area contributed by atoms with Crippen LogP contribution in [0.25, 0.3) is 0 Å². The van der Waals surface area contributed by atoms with Crippen LogP contribution in [0.3, 0.4) is 0 Å². The van der Waals surface area contributed by atoms with Gasteiger partial charge in [0, 0.05) is 50.4 Å². The second kappa shape index (κ2) is 8.99. The lowest BCUT2D eigenvalue weighted by Crippen LogP contribution is -2.50. The van der Waals surface area contributed by atoms with Gasteiger partial charge in [0.25, 0.3) is 0 Å². The lowest BCUT2D eigenvalue weighted by molar-refractivity contribution is -0.123. The minimum absolute atomic E-state index is 0.100. The van der Waals surface area contributed by atoms with Crippen LogP contribution in [-0.2, 0) is 9.53 Å². The molecule has 1 aromatic rings. The highest BCUT2D eigenvalue weighted by molar-refractivity contribution is 6.31. The van der Waals surface area contributed by atoms with Gasteiger partial charge in [-0.2, -0.15) is 0 Å². The van der Waals surface area contributed by atoms with Crippen LogP contribution in [0.1, 0.15) is 31.4 Å². The molecule has 2 aliphatic heterocycles. The zero-order valence-corrected chi connectivity index (χ0v) is 15.7. The van der Waals surface area contributed by atoms with Gasteiger partial charge >= 0.3 is 0 Å². The molecule has 1 aromatic carbocycles. The molecule has 2 fully saturated rings. The van der Waals surface area contributed by atoms with Crippen molar-refractivity contribution in [2.45, 2.75) is 31.9 Å². The van der Waals surface area contributed by atoms with E-state index in [9.17, 15) is 4.79 Å². The molecule has 2 heterocycles. The first-order chi connectivity index (χ1) is 12.1. The first-order valence-corrected chi connectivity index (χ1v) is 9.60. The number of benzene rings is 1. The highest BCUT2D eigenvalue weighted by Crippen LogP contribution is 2.27. The molecule has 5 nitrogen and oxygen atoms in total. The van der Waals surface area contributed by atoms with Gasteiger partial charge in [-0.1, -0.05) is 29.8 Å². The summed E-state index contributed by atoms with van der Waals surface area (Å²) in [6, 6.07) is 8.34. The number of hydrogen-bond acceptors (Lipinski definition) is 4. The molecule has 0 saturated carbocycles. The number of halogens is 1. The van der Waals surface area contributed by atoms with Crippen molar-refractivity contribution in [1.29, 1.82) is 0 Å². The Labute approximate surface area is 155 Å². The maximum Gasteiger partial charge on any atom is 0.234 e. The topological polar surface area (TPSA) is 44.8 Å². The largest absolute Gasteiger partial charge is 0.376 e. The molecule has 2 aliphatic rings. The number of piperazine rings is 1. The van der Waals surface area contributed by atoms with Crippen molar-refractivity contribution in [2.24, 2.45) is 0 Å². The van der Waals surface area contributed by atoms with Crippen LogP contribution in [0.4, 0.5) is 0 Å². The van der Waals surface area contributed by atoms with Crippen molar-refractivity contribution in [1.82, 2.24) is 15.1 Å². The monoisotopic (exact) mass is 365 g/mol. The van der Waals surface area contributed by atoms with Crippen LogP contribution >= 0.6 is 11.6 Å². The number of amides is 1. The smallest absolute Gasteiger partial charge is 0.234 e. The van der Waals surface area contributed by atoms with Gasteiger partial charge < -0.3 is 10.1 Å². The van der Waals surface area contributed by atoms with E-state index in [1.54, 1.807) is 0 Å². The molecule has 0 radical (unpaired) electrons. The quantitative estimate of drug-likeness (QED) is 0.840. The summed E-state index contributed by atoms with van der Waals surface area (Å²) in [5.41, 5.74) is 1.17. The van der Waals surface area contributed by atoms with E-state index in [1.165, 1.54) is 5.56 Å². The van der Waals surface area contributed by atoms with Gasteiger partial charge in [-0.15, -0.1) is 0 Å². The summed E-state index contributed by atoms with van der Waals surface area (Å²) in [6.45, 7) is 7.85. The molecule has 6 heteroatoms. The fraction of sp³-hybridized carbons (Fsp3) is 0.632. The summed E-state index contributed by atoms with van der Waals surface area (Å²) in [4.78, 5) is 16.8. The highest BCUT2D eigenvalue weighted by atomic mass is 35.5. The van der Waals surface area contributed by atoms with Crippen molar-refractivity contribution >= 4 is 17.5 Å². The van der Waals surface area contributed by atoms with Crippen molar-refractivity contribution < 1.29 is 9.53 Å². The minimum Gasteiger partial charge on any atom is -0.376 e. The first-order valence-electron chi connectivity index (χ1n) is 9.22. The normalized spacial score (nSPS) is 23.5. The Morgan fingerprint density at radius 3 is 2.76 bits per heavy atom. The Morgan fingerprint density at radius 1 is 1.32 bits per heavy atom. The molecule has 0 bridgehead atoms. The third kappa shape index (κ3) is 5.17. The average molecular weight is 366 g/mol. The molecule has 25 heavy (non-hydrogen) atoms. The van der Waals surface area contributed by atoms with E-state index in [-0.39, 0.29) is 12.0 Å². The molecule has 138 valence electrons. The van der Waals surface area contributed by atoms with Gasteiger partial charge in [-0.25, -0.2) is 0 Å². The molecular weight excluding hydrogens is 338 g/mol. The highest BCUT2D eigenvalue weighted by Gasteiger charge is 2.24. The zero-order valence-electron chi connectivity index (χ0n) is 14.9. The second-order valence-electron chi connectivity index (χ2n) is 6.95. The first kappa shape index (κ1) is 18.6. The van der Waals surface area contributed by atoms with Crippen molar-refractivity contribution in [3.8, 4) is 0 Å². The van der Waals surface area contributed by atoms with E-state index in [2.05, 4.69) is 28.1 Å². The van der Waals surface area contributed by atoms with E-state index in [0.29, 0.717) is 19.1 Å². The molecule has 0 aliphatic carbocycles. The molecule has 3 rings (SSSR count). The number of ether oxygens (including phenoxy) is 1. The predicted octanol–water partition coefficient (Wildman–Crippen LogP) is 2.31. The molecule has 0 aromatic heterocycles. The van der Waals surface area contributed by atoms with Crippen molar-refractivity contribution in [3.05, 3.63) is 34.9 Å². The van der Waals surface area contributed by atoms with Crippen LogP contribution in [-0.4, -0.2) is 67.7 Å². The summed E-state index contributed by atoms with van der Waals surface area (Å²) in [5.74, 6) is 0.100. The van der Waals surface area contributed by atoms with Gasteiger partial charge in [-0.05, 0) is 31.4 Å². The second-order valence-corrected chi connectivity index (χ2v) is 7.36. The van der Waals surface area contributed by atoms with Crippen LogP contribution in [0, 0.1) is 0 Å². The Balaban J connectivity index is 1.40. The van der Waals surface area contributed by atoms with E-state index in [0.717, 1.165) is 50.7 Å². The number of carbonyl (C=O) groups is 1. The van der Waals surface area contributed by atoms with Crippen LogP contribution in [0.5, 0.6) is 0 Å². The van der Waals surface area contributed by atoms with Gasteiger partial charge in [0.2, 0.25) is 5.91 Å². The Bertz CT molecular complexity index is 570. The number of nitrogens with one attached hydrogen (secondary N) is 1. The third-order valence-corrected chi connectivity index (χ3v) is 5.57. The number of hydrogen-bond donors (Lipinski definition) is 1. The van der Waals surface area contributed by atoms with Crippen LogP contribution in [0.15, 0.2) is 24.3 Å². The summed E-state index contributed by atoms with van der Waals surface area (Å²) < 4.78 is 5.54. The lowest BCUT2D eigenvalue weighted by Gasteiger charge is -2.38. The molecule has 2 saturated heterocycles. The summed E-state index contributed by atoms with van der Waals surface area (Å²) in [5, 5.41) is 3.83. The molecule has 1 amide bonds. The third-order valence-electron chi connectivity index (χ3n) is 5.23. The zero-order chi connectivity index (χ0) is 17.6. The Morgan fingerprint density at radius 2 is 2.08 bits per heavy atom. The van der Waals surface area contributed by atoms with E-state index in [4.69, 9.17) is 16.3 Å². The summed E-state index contributed by atoms with van der Waals surface area (Å²) in [7, 11) is 0. The maximum absolute atomic E-state index is 12.1. The standard InChI is InChI=1S/C19H28ClN3O2/c1-15(17-6-2-3-7-18(17)20)23-10-8-22(9-11-23)14-19(24)21-13-16-5-4-12-25-16/h2-3,6-7,15-16H,4-5,8-14H2,1H3,(H,21,24). The lowest BCUT2D eigenvalue weighted by atomic mass is 10.1. The van der Waals surface area contributed by atoms with Crippen molar-refractivity contribution in [2.75, 3.05) is 45.9 Å². The average Bonchev–Trinajstić information content (AvgIpc) is 3.14. The number of rotatable bonds is 6. The summed E-state index contributed by atoms with van der Waals surface area (Å²) in [6.07, 6.45) is 2.36. The molecule has 2 unspecified atom stereocenters. The Hall–Kier alpha value is -1.14. The number of carbonyl (C=O) groups excluding carboxylic acids is 1. The fourth-order valence-corrected chi connectivity index (χ4v) is 3.90. The van der Waals surface area contributed by atoms with Gasteiger partial charge in [-0.3, -0.25) is 14.6 Å². The van der Waals surface area contributed by atoms with E-state index < -0.39 is 0 Å². The maximum atomic E-state index is 12.1.